The molecule has 2 aromatic carbocycles. The van der Waals surface area contributed by atoms with Crippen LogP contribution < -0.4 is 9.47 Å². The Morgan fingerprint density at radius 1 is 0.800 bits per heavy atom. The van der Waals surface area contributed by atoms with Crippen LogP contribution in [0.4, 0.5) is 0 Å². The summed E-state index contributed by atoms with van der Waals surface area (Å²) in [5.74, 6) is 2.31. The molecule has 0 atom stereocenters. The van der Waals surface area contributed by atoms with Crippen molar-refractivity contribution in [1.82, 2.24) is 9.80 Å². The molecular formula is C23H26N2O4S. The molecule has 4 rings (SSSR count). The molecule has 30 heavy (non-hydrogen) atoms. The number of hydrogen-bond donors (Lipinski definition) is 0. The Morgan fingerprint density at radius 3 is 1.90 bits per heavy atom. The van der Waals surface area contributed by atoms with Crippen molar-refractivity contribution in [2.75, 3.05) is 38.6 Å². The van der Waals surface area contributed by atoms with Gasteiger partial charge in [-0.2, -0.15) is 0 Å². The maximum absolute atomic E-state index is 12.9. The van der Waals surface area contributed by atoms with E-state index in [0.29, 0.717) is 24.6 Å². The number of para-hydroxylation sites is 2. The topological polar surface area (TPSA) is 59.1 Å². The smallest absolute Gasteiger partial charge is 0.261 e. The molecule has 2 aromatic rings. The maximum Gasteiger partial charge on any atom is 0.261 e. The van der Waals surface area contributed by atoms with Crippen LogP contribution in [0.25, 0.3) is 0 Å². The van der Waals surface area contributed by atoms with Crippen molar-refractivity contribution in [3.05, 3.63) is 60.7 Å². The standard InChI is InChI=1S/C23H26N2O4S/c26-21(17-28-19-7-3-1-4-8-19)24-13-11-23(12-14-24)25(15-16-30-23)22(27)18-29-20-9-5-2-6-10-20/h1-10H,11-18H2. The summed E-state index contributed by atoms with van der Waals surface area (Å²) in [7, 11) is 0. The second kappa shape index (κ2) is 9.43. The highest BCUT2D eigenvalue weighted by Gasteiger charge is 2.46. The summed E-state index contributed by atoms with van der Waals surface area (Å²) >= 11 is 1.83. The summed E-state index contributed by atoms with van der Waals surface area (Å²) in [5, 5.41) is 0. The predicted molar refractivity (Wildman–Crippen MR) is 117 cm³/mol. The maximum atomic E-state index is 12.9. The fourth-order valence-electron chi connectivity index (χ4n) is 3.97. The molecular weight excluding hydrogens is 400 g/mol. The molecule has 2 fully saturated rings. The second-order valence-corrected chi connectivity index (χ2v) is 8.88. The van der Waals surface area contributed by atoms with Crippen LogP contribution >= 0.6 is 11.8 Å². The van der Waals surface area contributed by atoms with E-state index in [9.17, 15) is 9.59 Å². The van der Waals surface area contributed by atoms with Crippen LogP contribution in [0.1, 0.15) is 12.8 Å². The van der Waals surface area contributed by atoms with Gasteiger partial charge in [-0.3, -0.25) is 9.59 Å². The number of hydrogen-bond acceptors (Lipinski definition) is 5. The lowest BCUT2D eigenvalue weighted by molar-refractivity contribution is -0.139. The van der Waals surface area contributed by atoms with Crippen LogP contribution in [-0.2, 0) is 9.59 Å². The van der Waals surface area contributed by atoms with Gasteiger partial charge in [0.05, 0.1) is 4.87 Å². The van der Waals surface area contributed by atoms with E-state index < -0.39 is 0 Å². The summed E-state index contributed by atoms with van der Waals surface area (Å²) < 4.78 is 11.3. The molecule has 2 saturated heterocycles. The van der Waals surface area contributed by atoms with E-state index in [2.05, 4.69) is 0 Å². The minimum Gasteiger partial charge on any atom is -0.484 e. The zero-order chi connectivity index (χ0) is 20.8. The molecule has 0 aliphatic carbocycles. The number of amides is 2. The number of nitrogens with zero attached hydrogens (tertiary/aromatic N) is 2. The number of ether oxygens (including phenoxy) is 2. The van der Waals surface area contributed by atoms with Gasteiger partial charge in [0, 0.05) is 25.4 Å². The van der Waals surface area contributed by atoms with Crippen LogP contribution in [0, 0.1) is 0 Å². The predicted octanol–water partition coefficient (Wildman–Crippen LogP) is 3.04. The van der Waals surface area contributed by atoms with Crippen molar-refractivity contribution in [1.29, 1.82) is 0 Å². The van der Waals surface area contributed by atoms with Crippen LogP contribution in [0.2, 0.25) is 0 Å². The minimum atomic E-state index is -0.228. The van der Waals surface area contributed by atoms with Gasteiger partial charge in [-0.1, -0.05) is 36.4 Å². The zero-order valence-corrected chi connectivity index (χ0v) is 17.7. The van der Waals surface area contributed by atoms with Gasteiger partial charge in [0.1, 0.15) is 11.5 Å². The molecule has 2 aliphatic rings. The first kappa shape index (κ1) is 20.6. The molecule has 2 aliphatic heterocycles. The molecule has 7 heteroatoms. The Balaban J connectivity index is 1.28. The normalized spacial score (nSPS) is 17.7. The first-order chi connectivity index (χ1) is 14.7. The highest BCUT2D eigenvalue weighted by Crippen LogP contribution is 2.44. The summed E-state index contributed by atoms with van der Waals surface area (Å²) in [4.78, 5) is 29.0. The Hall–Kier alpha value is -2.67. The highest BCUT2D eigenvalue weighted by molar-refractivity contribution is 8.00. The van der Waals surface area contributed by atoms with Gasteiger partial charge < -0.3 is 19.3 Å². The molecule has 0 radical (unpaired) electrons. The Bertz CT molecular complexity index is 854. The lowest BCUT2D eigenvalue weighted by Gasteiger charge is -2.44. The van der Waals surface area contributed by atoms with E-state index in [4.69, 9.17) is 9.47 Å². The van der Waals surface area contributed by atoms with Gasteiger partial charge in [-0.25, -0.2) is 0 Å². The summed E-state index contributed by atoms with van der Waals surface area (Å²) in [6, 6.07) is 18.8. The molecule has 0 unspecified atom stereocenters. The monoisotopic (exact) mass is 426 g/mol. The Kier molecular flexibility index (Phi) is 6.47. The number of carbonyl (C=O) groups excluding carboxylic acids is 2. The van der Waals surface area contributed by atoms with E-state index >= 15 is 0 Å². The van der Waals surface area contributed by atoms with Gasteiger partial charge in [-0.15, -0.1) is 11.8 Å². The van der Waals surface area contributed by atoms with Gasteiger partial charge >= 0.3 is 0 Å². The first-order valence-corrected chi connectivity index (χ1v) is 11.2. The molecule has 6 nitrogen and oxygen atoms in total. The number of thioether (sulfide) groups is 1. The third kappa shape index (κ3) is 4.73. The Morgan fingerprint density at radius 2 is 1.33 bits per heavy atom. The molecule has 2 amide bonds. The van der Waals surface area contributed by atoms with Gasteiger partial charge in [0.2, 0.25) is 0 Å². The lowest BCUT2D eigenvalue weighted by Crippen LogP contribution is -2.55. The molecule has 0 aromatic heterocycles. The molecule has 0 N–H and O–H groups in total. The van der Waals surface area contributed by atoms with Crippen molar-refractivity contribution < 1.29 is 19.1 Å². The lowest BCUT2D eigenvalue weighted by atomic mass is 10.0. The van der Waals surface area contributed by atoms with Crippen LogP contribution in [0.5, 0.6) is 11.5 Å². The fourth-order valence-corrected chi connectivity index (χ4v) is 5.45. The number of rotatable bonds is 6. The van der Waals surface area contributed by atoms with Crippen LogP contribution in [0.3, 0.4) is 0 Å². The SMILES string of the molecule is O=C(COc1ccccc1)N1CCC2(CC1)SCCN2C(=O)COc1ccccc1. The summed E-state index contributed by atoms with van der Waals surface area (Å²) in [6.45, 7) is 2.07. The van der Waals surface area contributed by atoms with Crippen molar-refractivity contribution in [2.24, 2.45) is 0 Å². The summed E-state index contributed by atoms with van der Waals surface area (Å²) in [6.07, 6.45) is 1.54. The average Bonchev–Trinajstić information content (AvgIpc) is 3.20. The molecule has 0 bridgehead atoms. The summed E-state index contributed by atoms with van der Waals surface area (Å²) in [5.41, 5.74) is 0. The highest BCUT2D eigenvalue weighted by atomic mass is 32.2. The molecule has 2 heterocycles. The number of benzene rings is 2. The average molecular weight is 427 g/mol. The van der Waals surface area contributed by atoms with E-state index in [-0.39, 0.29) is 29.9 Å². The third-order valence-electron chi connectivity index (χ3n) is 5.59. The largest absolute Gasteiger partial charge is 0.484 e. The van der Waals surface area contributed by atoms with Crippen molar-refractivity contribution in [3.63, 3.8) is 0 Å². The Labute approximate surface area is 181 Å². The quantitative estimate of drug-likeness (QED) is 0.711. The minimum absolute atomic E-state index is 0.0102. The van der Waals surface area contributed by atoms with Crippen LogP contribution in [-0.4, -0.2) is 65.1 Å². The van der Waals surface area contributed by atoms with Crippen molar-refractivity contribution in [3.8, 4) is 11.5 Å². The van der Waals surface area contributed by atoms with Gasteiger partial charge in [-0.05, 0) is 37.1 Å². The molecule has 158 valence electrons. The van der Waals surface area contributed by atoms with Gasteiger partial charge in [0.15, 0.2) is 13.2 Å². The van der Waals surface area contributed by atoms with Crippen molar-refractivity contribution in [2.45, 2.75) is 17.7 Å². The number of piperidine rings is 1. The van der Waals surface area contributed by atoms with E-state index in [0.717, 1.165) is 25.1 Å². The van der Waals surface area contributed by atoms with E-state index in [1.165, 1.54) is 0 Å². The van der Waals surface area contributed by atoms with Crippen LogP contribution in [0.15, 0.2) is 60.7 Å². The fraction of sp³-hybridized carbons (Fsp3) is 0.391. The molecule has 0 saturated carbocycles. The molecule has 1 spiro atoms. The number of carbonyl (C=O) groups is 2. The zero-order valence-electron chi connectivity index (χ0n) is 16.9. The van der Waals surface area contributed by atoms with E-state index in [1.54, 1.807) is 0 Å². The number of likely N-dealkylation sites (tertiary alicyclic amines) is 1. The third-order valence-corrected chi connectivity index (χ3v) is 7.14. The first-order valence-electron chi connectivity index (χ1n) is 10.2. The van der Waals surface area contributed by atoms with E-state index in [1.807, 2.05) is 82.2 Å². The van der Waals surface area contributed by atoms with Crippen molar-refractivity contribution >= 4 is 23.6 Å². The van der Waals surface area contributed by atoms with Gasteiger partial charge in [0.25, 0.3) is 11.8 Å². The second-order valence-electron chi connectivity index (χ2n) is 7.42.